The van der Waals surface area contributed by atoms with Crippen LogP contribution in [0.5, 0.6) is 0 Å². The maximum absolute atomic E-state index is 13.2. The van der Waals surface area contributed by atoms with E-state index >= 15 is 0 Å². The molecule has 0 atom stereocenters. The van der Waals surface area contributed by atoms with Crippen molar-refractivity contribution in [2.24, 2.45) is 0 Å². The van der Waals surface area contributed by atoms with Crippen LogP contribution in [0.15, 0.2) is 53.2 Å². The van der Waals surface area contributed by atoms with Crippen molar-refractivity contribution in [2.75, 3.05) is 12.0 Å². The fourth-order valence-electron chi connectivity index (χ4n) is 2.95. The van der Waals surface area contributed by atoms with Gasteiger partial charge in [-0.05, 0) is 42.8 Å². The van der Waals surface area contributed by atoms with E-state index in [0.717, 1.165) is 0 Å². The molecule has 0 radical (unpaired) electrons. The van der Waals surface area contributed by atoms with Crippen molar-refractivity contribution in [1.29, 1.82) is 0 Å². The van der Waals surface area contributed by atoms with Gasteiger partial charge in [-0.25, -0.2) is 4.79 Å². The minimum absolute atomic E-state index is 0.125. The summed E-state index contributed by atoms with van der Waals surface area (Å²) in [6.07, 6.45) is 1.51. The van der Waals surface area contributed by atoms with E-state index in [2.05, 4.69) is 0 Å². The average Bonchev–Trinajstić information content (AvgIpc) is 2.87. The number of carbonyl (C=O) groups excluding carboxylic acids is 2. The summed E-state index contributed by atoms with van der Waals surface area (Å²) in [4.78, 5) is 27.0. The number of carbonyl (C=O) groups is 2. The molecule has 0 unspecified atom stereocenters. The second-order valence-electron chi connectivity index (χ2n) is 5.92. The van der Waals surface area contributed by atoms with Gasteiger partial charge in [-0.2, -0.15) is 0 Å². The van der Waals surface area contributed by atoms with Gasteiger partial charge in [0.1, 0.15) is 0 Å². The molecule has 1 aliphatic rings. The number of hydrogen-bond donors (Lipinski definition) is 0. The zero-order valence-corrected chi connectivity index (χ0v) is 17.7. The van der Waals surface area contributed by atoms with Crippen LogP contribution in [0, 0.1) is 0 Å². The van der Waals surface area contributed by atoms with E-state index in [0.29, 0.717) is 32.0 Å². The lowest BCUT2D eigenvalue weighted by molar-refractivity contribution is -0.136. The van der Waals surface area contributed by atoms with Gasteiger partial charge in [0.15, 0.2) is 0 Å². The summed E-state index contributed by atoms with van der Waals surface area (Å²) in [5.74, 6) is -1.09. The number of esters is 1. The second kappa shape index (κ2) is 8.18. The Morgan fingerprint density at radius 3 is 2.32 bits per heavy atom. The molecule has 0 saturated heterocycles. The highest BCUT2D eigenvalue weighted by Gasteiger charge is 2.38. The van der Waals surface area contributed by atoms with Crippen molar-refractivity contribution >= 4 is 70.0 Å². The van der Waals surface area contributed by atoms with Crippen molar-refractivity contribution in [1.82, 2.24) is 0 Å². The fourth-order valence-corrected chi connectivity index (χ4v) is 3.82. The van der Waals surface area contributed by atoms with Gasteiger partial charge in [0.25, 0.3) is 5.91 Å². The molecular weight excluding hydrogens is 444 g/mol. The number of anilines is 1. The number of hydrogen-bond acceptors (Lipinski definition) is 3. The normalized spacial score (nSPS) is 15.6. The number of allylic oxidation sites excluding steroid dienone is 1. The topological polar surface area (TPSA) is 46.6 Å². The van der Waals surface area contributed by atoms with Crippen molar-refractivity contribution in [3.63, 3.8) is 0 Å². The summed E-state index contributed by atoms with van der Waals surface area (Å²) >= 11 is 24.5. The highest BCUT2D eigenvalue weighted by Crippen LogP contribution is 2.38. The fraction of sp³-hybridized carbons (Fsp3) is 0.100. The first-order valence-electron chi connectivity index (χ1n) is 8.00. The standard InChI is InChI=1S/C20H13Cl4NO3/c1-10-17(20(27)28-2)15(6-11-4-3-5-16(23)18(11)24)19(26)25(10)14-8-12(21)7-13(22)9-14/h3-9H,1-2H3/b15-6-. The second-order valence-corrected chi connectivity index (χ2v) is 7.58. The molecule has 0 spiro atoms. The molecule has 1 amide bonds. The van der Waals surface area contributed by atoms with E-state index in [1.54, 1.807) is 43.3 Å². The van der Waals surface area contributed by atoms with Gasteiger partial charge < -0.3 is 4.74 Å². The van der Waals surface area contributed by atoms with Gasteiger partial charge in [-0.1, -0.05) is 58.5 Å². The molecule has 4 nitrogen and oxygen atoms in total. The van der Waals surface area contributed by atoms with Crippen LogP contribution in [0.2, 0.25) is 20.1 Å². The minimum Gasteiger partial charge on any atom is -0.465 e. The predicted octanol–water partition coefficient (Wildman–Crippen LogP) is 6.18. The first-order valence-corrected chi connectivity index (χ1v) is 9.51. The molecule has 2 aromatic rings. The SMILES string of the molecule is COC(=O)C1=C(C)N(c2cc(Cl)cc(Cl)c2)C(=O)/C1=C\c1cccc(Cl)c1Cl. The van der Waals surface area contributed by atoms with E-state index in [1.165, 1.54) is 18.1 Å². The average molecular weight is 457 g/mol. The smallest absolute Gasteiger partial charge is 0.340 e. The van der Waals surface area contributed by atoms with Crippen molar-refractivity contribution in [2.45, 2.75) is 6.92 Å². The predicted molar refractivity (Wildman–Crippen MR) is 113 cm³/mol. The summed E-state index contributed by atoms with van der Waals surface area (Å²) in [6, 6.07) is 9.74. The number of amides is 1. The van der Waals surface area contributed by atoms with Crippen molar-refractivity contribution in [3.05, 3.63) is 78.9 Å². The maximum Gasteiger partial charge on any atom is 0.340 e. The summed E-state index contributed by atoms with van der Waals surface area (Å²) < 4.78 is 4.88. The lowest BCUT2D eigenvalue weighted by atomic mass is 10.0. The molecule has 0 bridgehead atoms. The van der Waals surface area contributed by atoms with Crippen LogP contribution in [0.1, 0.15) is 12.5 Å². The Labute approximate surface area is 181 Å². The largest absolute Gasteiger partial charge is 0.465 e. The van der Waals surface area contributed by atoms with Crippen LogP contribution >= 0.6 is 46.4 Å². The summed E-state index contributed by atoms with van der Waals surface area (Å²) in [7, 11) is 1.25. The number of ether oxygens (including phenoxy) is 1. The molecule has 144 valence electrons. The Morgan fingerprint density at radius 2 is 1.71 bits per heavy atom. The Morgan fingerprint density at radius 1 is 1.07 bits per heavy atom. The van der Waals surface area contributed by atoms with Gasteiger partial charge in [0.2, 0.25) is 0 Å². The van der Waals surface area contributed by atoms with E-state index in [1.807, 2.05) is 0 Å². The molecule has 0 saturated carbocycles. The highest BCUT2D eigenvalue weighted by atomic mass is 35.5. The van der Waals surface area contributed by atoms with Crippen LogP contribution in [-0.2, 0) is 14.3 Å². The Hall–Kier alpha value is -1.98. The van der Waals surface area contributed by atoms with Gasteiger partial charge >= 0.3 is 5.97 Å². The molecule has 0 N–H and O–H groups in total. The number of rotatable bonds is 3. The first kappa shape index (κ1) is 20.7. The van der Waals surface area contributed by atoms with Crippen LogP contribution in [0.25, 0.3) is 6.08 Å². The zero-order valence-electron chi connectivity index (χ0n) is 14.7. The zero-order chi connectivity index (χ0) is 20.6. The molecule has 0 aliphatic carbocycles. The monoisotopic (exact) mass is 455 g/mol. The number of halogens is 4. The van der Waals surface area contributed by atoms with Gasteiger partial charge in [0, 0.05) is 15.7 Å². The summed E-state index contributed by atoms with van der Waals surface area (Å²) in [5, 5.41) is 1.33. The first-order chi connectivity index (χ1) is 13.2. The lowest BCUT2D eigenvalue weighted by Gasteiger charge is -2.18. The van der Waals surface area contributed by atoms with E-state index in [-0.39, 0.29) is 16.2 Å². The minimum atomic E-state index is -0.647. The van der Waals surface area contributed by atoms with Gasteiger partial charge in [-0.3, -0.25) is 9.69 Å². The summed E-state index contributed by atoms with van der Waals surface area (Å²) in [6.45, 7) is 1.64. The molecular formula is C20H13Cl4NO3. The Balaban J connectivity index is 2.21. The molecule has 1 aliphatic heterocycles. The molecule has 3 rings (SSSR count). The third-order valence-electron chi connectivity index (χ3n) is 4.18. The Bertz CT molecular complexity index is 1040. The lowest BCUT2D eigenvalue weighted by Crippen LogP contribution is -2.24. The molecule has 8 heteroatoms. The van der Waals surface area contributed by atoms with Gasteiger partial charge in [-0.15, -0.1) is 0 Å². The number of nitrogens with zero attached hydrogens (tertiary/aromatic N) is 1. The van der Waals surface area contributed by atoms with Crippen molar-refractivity contribution < 1.29 is 14.3 Å². The Kier molecular flexibility index (Phi) is 6.06. The van der Waals surface area contributed by atoms with Crippen LogP contribution in [0.4, 0.5) is 5.69 Å². The van der Waals surface area contributed by atoms with E-state index in [9.17, 15) is 9.59 Å². The third kappa shape index (κ3) is 3.78. The molecule has 0 fully saturated rings. The highest BCUT2D eigenvalue weighted by molar-refractivity contribution is 6.43. The van der Waals surface area contributed by atoms with Crippen LogP contribution in [-0.4, -0.2) is 19.0 Å². The molecule has 0 aromatic heterocycles. The van der Waals surface area contributed by atoms with Crippen LogP contribution < -0.4 is 4.90 Å². The third-order valence-corrected chi connectivity index (χ3v) is 5.45. The molecule has 28 heavy (non-hydrogen) atoms. The number of methoxy groups -OCH3 is 1. The number of benzene rings is 2. The van der Waals surface area contributed by atoms with Crippen molar-refractivity contribution in [3.8, 4) is 0 Å². The summed E-state index contributed by atoms with van der Waals surface area (Å²) in [5.41, 5.74) is 1.57. The quantitative estimate of drug-likeness (QED) is 0.409. The molecule has 2 aromatic carbocycles. The maximum atomic E-state index is 13.2. The van der Waals surface area contributed by atoms with Gasteiger partial charge in [0.05, 0.1) is 34.0 Å². The van der Waals surface area contributed by atoms with Crippen LogP contribution in [0.3, 0.4) is 0 Å². The van der Waals surface area contributed by atoms with E-state index < -0.39 is 11.9 Å². The molecule has 1 heterocycles. The van der Waals surface area contributed by atoms with E-state index in [4.69, 9.17) is 51.1 Å².